The Morgan fingerprint density at radius 1 is 1.40 bits per heavy atom. The minimum Gasteiger partial charge on any atom is -0.311 e. The molecule has 0 atom stereocenters. The van der Waals surface area contributed by atoms with E-state index in [4.69, 9.17) is 6.42 Å². The van der Waals surface area contributed by atoms with Crippen LogP contribution in [0.3, 0.4) is 0 Å². The van der Waals surface area contributed by atoms with Gasteiger partial charge in [-0.2, -0.15) is 0 Å². The normalized spacial score (nSPS) is 9.87. The highest BCUT2D eigenvalue weighted by Crippen LogP contribution is 2.07. The maximum atomic E-state index is 5.16. The average molecular weight is 267 g/mol. The van der Waals surface area contributed by atoms with Gasteiger partial charge in [0.15, 0.2) is 0 Å². The number of pyridine rings is 1. The van der Waals surface area contributed by atoms with E-state index in [-0.39, 0.29) is 0 Å². The molecule has 0 aromatic carbocycles. The molecule has 0 bridgehead atoms. The molecule has 0 amide bonds. The van der Waals surface area contributed by atoms with Gasteiger partial charge in [-0.3, -0.25) is 4.98 Å². The molecule has 0 radical (unpaired) electrons. The third-order valence-electron chi connectivity index (χ3n) is 2.02. The quantitative estimate of drug-likeness (QED) is 0.633. The van der Waals surface area contributed by atoms with Gasteiger partial charge in [0, 0.05) is 23.6 Å². The van der Waals surface area contributed by atoms with E-state index in [9.17, 15) is 0 Å². The van der Waals surface area contributed by atoms with Gasteiger partial charge in [0.2, 0.25) is 0 Å². The highest BCUT2D eigenvalue weighted by Gasteiger charge is 1.93. The lowest BCUT2D eigenvalue weighted by atomic mass is 10.2. The van der Waals surface area contributed by atoms with Crippen molar-refractivity contribution in [2.24, 2.45) is 0 Å². The van der Waals surface area contributed by atoms with Crippen LogP contribution in [0.2, 0.25) is 0 Å². The van der Waals surface area contributed by atoms with Gasteiger partial charge < -0.3 is 5.32 Å². The van der Waals surface area contributed by atoms with Crippen LogP contribution in [0.5, 0.6) is 0 Å². The van der Waals surface area contributed by atoms with Crippen LogP contribution in [0.4, 0.5) is 0 Å². The first-order valence-corrected chi connectivity index (χ1v) is 5.87. The number of nitrogens with zero attached hydrogens (tertiary/aromatic N) is 1. The zero-order valence-electron chi connectivity index (χ0n) is 8.67. The van der Waals surface area contributed by atoms with Crippen LogP contribution in [0.1, 0.15) is 25.0 Å². The van der Waals surface area contributed by atoms with Crippen LogP contribution < -0.4 is 5.32 Å². The number of unbranched alkanes of at least 4 members (excludes halogenated alkanes) is 2. The Hall–Kier alpha value is -0.850. The second-order valence-corrected chi connectivity index (χ2v) is 4.22. The fraction of sp³-hybridized carbons (Fsp3) is 0.417. The summed E-state index contributed by atoms with van der Waals surface area (Å²) in [5.41, 5.74) is 1.06. The minimum atomic E-state index is 0.823. The van der Waals surface area contributed by atoms with Gasteiger partial charge in [-0.15, -0.1) is 12.3 Å². The Bertz CT molecular complexity index is 313. The molecule has 15 heavy (non-hydrogen) atoms. The number of terminal acetylenes is 1. The summed E-state index contributed by atoms with van der Waals surface area (Å²) in [7, 11) is 0. The van der Waals surface area contributed by atoms with Crippen LogP contribution in [-0.4, -0.2) is 11.5 Å². The van der Waals surface area contributed by atoms with Gasteiger partial charge in [-0.1, -0.05) is 0 Å². The summed E-state index contributed by atoms with van der Waals surface area (Å²) in [4.78, 5) is 4.27. The van der Waals surface area contributed by atoms with E-state index in [1.165, 1.54) is 0 Å². The lowest BCUT2D eigenvalue weighted by molar-refractivity contribution is 0.622. The molecule has 0 aliphatic heterocycles. The van der Waals surface area contributed by atoms with E-state index in [0.29, 0.717) is 0 Å². The van der Waals surface area contributed by atoms with Crippen molar-refractivity contribution in [1.29, 1.82) is 0 Å². The maximum Gasteiger partial charge on any atom is 0.0542 e. The van der Waals surface area contributed by atoms with Crippen molar-refractivity contribution >= 4 is 15.9 Å². The number of halogens is 1. The first-order chi connectivity index (χ1) is 7.33. The Morgan fingerprint density at radius 3 is 2.93 bits per heavy atom. The van der Waals surface area contributed by atoms with Crippen LogP contribution in [-0.2, 0) is 6.54 Å². The van der Waals surface area contributed by atoms with E-state index >= 15 is 0 Å². The molecule has 80 valence electrons. The van der Waals surface area contributed by atoms with Crippen molar-refractivity contribution < 1.29 is 0 Å². The molecular weight excluding hydrogens is 252 g/mol. The van der Waals surface area contributed by atoms with E-state index in [2.05, 4.69) is 32.2 Å². The summed E-state index contributed by atoms with van der Waals surface area (Å²) >= 11 is 3.35. The fourth-order valence-corrected chi connectivity index (χ4v) is 1.44. The molecule has 1 N–H and O–H groups in total. The van der Waals surface area contributed by atoms with Gasteiger partial charge in [-0.25, -0.2) is 0 Å². The summed E-state index contributed by atoms with van der Waals surface area (Å²) in [5.74, 6) is 2.64. The third-order valence-corrected chi connectivity index (χ3v) is 2.49. The second kappa shape index (κ2) is 7.44. The lowest BCUT2D eigenvalue weighted by Crippen LogP contribution is -2.15. The number of hydrogen-bond donors (Lipinski definition) is 1. The van der Waals surface area contributed by atoms with Crippen LogP contribution in [0.15, 0.2) is 22.8 Å². The van der Waals surface area contributed by atoms with Crippen molar-refractivity contribution in [3.8, 4) is 12.3 Å². The van der Waals surface area contributed by atoms with E-state index in [1.807, 2.05) is 18.3 Å². The Balaban J connectivity index is 2.10. The Morgan fingerprint density at radius 2 is 2.27 bits per heavy atom. The van der Waals surface area contributed by atoms with E-state index in [1.54, 1.807) is 0 Å². The summed E-state index contributed by atoms with van der Waals surface area (Å²) in [6.07, 6.45) is 10.1. The standard InChI is InChI=1S/C12H15BrN2/c1-2-3-4-5-8-14-10-12-7-6-11(13)9-15-12/h1,6-7,9,14H,3-5,8,10H2. The SMILES string of the molecule is C#CCCCCNCc1ccc(Br)cn1. The van der Waals surface area contributed by atoms with Crippen molar-refractivity contribution in [3.63, 3.8) is 0 Å². The molecule has 0 spiro atoms. The van der Waals surface area contributed by atoms with Gasteiger partial charge in [0.25, 0.3) is 0 Å². The highest BCUT2D eigenvalue weighted by atomic mass is 79.9. The molecule has 1 rings (SSSR count). The van der Waals surface area contributed by atoms with Crippen molar-refractivity contribution in [1.82, 2.24) is 10.3 Å². The molecule has 1 aromatic rings. The average Bonchev–Trinajstić information content (AvgIpc) is 2.26. The topological polar surface area (TPSA) is 24.9 Å². The van der Waals surface area contributed by atoms with Gasteiger partial charge >= 0.3 is 0 Å². The molecule has 0 fully saturated rings. The van der Waals surface area contributed by atoms with Crippen molar-refractivity contribution in [3.05, 3.63) is 28.5 Å². The van der Waals surface area contributed by atoms with E-state index < -0.39 is 0 Å². The number of aromatic nitrogens is 1. The number of rotatable bonds is 6. The monoisotopic (exact) mass is 266 g/mol. The first kappa shape index (κ1) is 12.2. The molecule has 2 nitrogen and oxygen atoms in total. The molecule has 0 aliphatic rings. The van der Waals surface area contributed by atoms with E-state index in [0.717, 1.165) is 42.5 Å². The molecule has 3 heteroatoms. The molecule has 1 aromatic heterocycles. The Labute approximate surface area is 99.6 Å². The van der Waals surface area contributed by atoms with Crippen molar-refractivity contribution in [2.75, 3.05) is 6.54 Å². The molecule has 0 unspecified atom stereocenters. The maximum absolute atomic E-state index is 5.16. The van der Waals surface area contributed by atoms with Crippen molar-refractivity contribution in [2.45, 2.75) is 25.8 Å². The predicted molar refractivity (Wildman–Crippen MR) is 66.3 cm³/mol. The summed E-state index contributed by atoms with van der Waals surface area (Å²) in [5, 5.41) is 3.33. The lowest BCUT2D eigenvalue weighted by Gasteiger charge is -2.03. The molecule has 0 aliphatic carbocycles. The largest absolute Gasteiger partial charge is 0.311 e. The number of nitrogens with one attached hydrogen (secondary N) is 1. The van der Waals surface area contributed by atoms with Crippen LogP contribution in [0, 0.1) is 12.3 Å². The minimum absolute atomic E-state index is 0.823. The molecule has 1 heterocycles. The molecule has 0 saturated heterocycles. The van der Waals surface area contributed by atoms with Gasteiger partial charge in [-0.05, 0) is 47.4 Å². The molecular formula is C12H15BrN2. The Kier molecular flexibility index (Phi) is 6.06. The third kappa shape index (κ3) is 5.56. The van der Waals surface area contributed by atoms with Gasteiger partial charge in [0.1, 0.15) is 0 Å². The number of hydrogen-bond acceptors (Lipinski definition) is 2. The van der Waals surface area contributed by atoms with Gasteiger partial charge in [0.05, 0.1) is 5.69 Å². The smallest absolute Gasteiger partial charge is 0.0542 e. The summed E-state index contributed by atoms with van der Waals surface area (Å²) in [6.45, 7) is 1.82. The first-order valence-electron chi connectivity index (χ1n) is 5.07. The second-order valence-electron chi connectivity index (χ2n) is 3.31. The molecule has 0 saturated carbocycles. The summed E-state index contributed by atoms with van der Waals surface area (Å²) in [6, 6.07) is 4.01. The zero-order chi connectivity index (χ0) is 10.9. The summed E-state index contributed by atoms with van der Waals surface area (Å²) < 4.78 is 1.01. The predicted octanol–water partition coefficient (Wildman–Crippen LogP) is 2.74. The highest BCUT2D eigenvalue weighted by molar-refractivity contribution is 9.10. The zero-order valence-corrected chi connectivity index (χ0v) is 10.3. The van der Waals surface area contributed by atoms with Crippen LogP contribution >= 0.6 is 15.9 Å². The fourth-order valence-electron chi connectivity index (χ4n) is 1.20. The van der Waals surface area contributed by atoms with Crippen LogP contribution in [0.25, 0.3) is 0 Å².